The molecule has 154 valence electrons. The molecule has 1 aromatic carbocycles. The Labute approximate surface area is 161 Å². The molecule has 0 unspecified atom stereocenters. The van der Waals surface area contributed by atoms with Gasteiger partial charge in [0.2, 0.25) is 0 Å². The minimum absolute atomic E-state index is 0.0734. The molecule has 0 saturated carbocycles. The fourth-order valence-corrected chi connectivity index (χ4v) is 3.65. The number of rotatable bonds is 4. The van der Waals surface area contributed by atoms with E-state index >= 15 is 0 Å². The Morgan fingerprint density at radius 2 is 2.04 bits per heavy atom. The number of hydrogen-bond donors (Lipinski definition) is 0. The predicted molar refractivity (Wildman–Crippen MR) is 99.4 cm³/mol. The summed E-state index contributed by atoms with van der Waals surface area (Å²) < 4.78 is 67.3. The second kappa shape index (κ2) is 7.07. The molecule has 3 rings (SSSR count). The summed E-state index contributed by atoms with van der Waals surface area (Å²) in [4.78, 5) is 6.21. The first-order valence-corrected chi connectivity index (χ1v) is 10.2. The zero-order valence-corrected chi connectivity index (χ0v) is 16.9. The molecule has 0 N–H and O–H groups in total. The number of aromatic nitrogens is 2. The fraction of sp³-hybridized carbons (Fsp3) is 0.500. The minimum Gasteiger partial charge on any atom is -0.338 e. The van der Waals surface area contributed by atoms with E-state index in [1.165, 1.54) is 4.57 Å². The van der Waals surface area contributed by atoms with E-state index in [0.717, 1.165) is 16.7 Å². The smallest absolute Gasteiger partial charge is 0.338 e. The highest BCUT2D eigenvalue weighted by atomic mass is 32.2. The van der Waals surface area contributed by atoms with Gasteiger partial charge in [0, 0.05) is 25.7 Å². The number of aryl methyl sites for hydroxylation is 1. The Bertz CT molecular complexity index is 1040. The van der Waals surface area contributed by atoms with Gasteiger partial charge < -0.3 is 4.18 Å². The molecule has 1 aromatic heterocycles. The number of imidazole rings is 1. The van der Waals surface area contributed by atoms with Crippen molar-refractivity contribution < 1.29 is 25.8 Å². The Kier molecular flexibility index (Phi) is 5.22. The van der Waals surface area contributed by atoms with E-state index in [-0.39, 0.29) is 12.6 Å². The molecule has 1 atom stereocenters. The van der Waals surface area contributed by atoms with Crippen LogP contribution >= 0.6 is 0 Å². The molecule has 10 heteroatoms. The first-order chi connectivity index (χ1) is 12.9. The molecule has 28 heavy (non-hydrogen) atoms. The van der Waals surface area contributed by atoms with Crippen LogP contribution in [0.1, 0.15) is 31.9 Å². The molecule has 0 fully saturated rings. The van der Waals surface area contributed by atoms with Crippen molar-refractivity contribution in [2.24, 2.45) is 0 Å². The van der Waals surface area contributed by atoms with Crippen LogP contribution in [0.5, 0.6) is 6.01 Å². The SMILES string of the molecule is CC(C)=CCN1Cc2c(C)ccc3nc(OS(=O)(=O)C(F)(F)F)n(c23)C[C@@H]1C. The Morgan fingerprint density at radius 1 is 1.36 bits per heavy atom. The van der Waals surface area contributed by atoms with E-state index in [1.807, 2.05) is 33.8 Å². The maximum atomic E-state index is 12.8. The number of benzene rings is 1. The number of hydrogen-bond acceptors (Lipinski definition) is 5. The summed E-state index contributed by atoms with van der Waals surface area (Å²) in [6.07, 6.45) is 2.08. The second-order valence-electron chi connectivity index (χ2n) is 7.28. The van der Waals surface area contributed by atoms with Gasteiger partial charge in [0.25, 0.3) is 0 Å². The van der Waals surface area contributed by atoms with Crippen molar-refractivity contribution in [2.75, 3.05) is 6.54 Å². The lowest BCUT2D eigenvalue weighted by atomic mass is 10.1. The van der Waals surface area contributed by atoms with Gasteiger partial charge in [-0.1, -0.05) is 17.7 Å². The number of halogens is 3. The summed E-state index contributed by atoms with van der Waals surface area (Å²) in [5.74, 6) is 0. The third-order valence-corrected chi connectivity index (χ3v) is 5.78. The molecule has 1 aliphatic rings. The van der Waals surface area contributed by atoms with Gasteiger partial charge >= 0.3 is 21.6 Å². The summed E-state index contributed by atoms with van der Waals surface area (Å²) >= 11 is 0. The Morgan fingerprint density at radius 3 is 2.64 bits per heavy atom. The Balaban J connectivity index is 2.11. The molecule has 0 radical (unpaired) electrons. The van der Waals surface area contributed by atoms with E-state index in [1.54, 1.807) is 6.07 Å². The highest BCUT2D eigenvalue weighted by molar-refractivity contribution is 7.87. The predicted octanol–water partition coefficient (Wildman–Crippen LogP) is 3.74. The third kappa shape index (κ3) is 3.75. The molecule has 0 aliphatic carbocycles. The standard InChI is InChI=1S/C18H22F3N3O3S/c1-11(2)7-8-23-10-14-12(3)5-6-15-16(14)24(9-13(23)4)17(22-15)27-28(25,26)18(19,20)21/h5-7,13H,8-10H2,1-4H3/t13-/m0/s1. The number of allylic oxidation sites excluding steroid dienone is 1. The van der Waals surface area contributed by atoms with Crippen LogP contribution < -0.4 is 4.18 Å². The lowest BCUT2D eigenvalue weighted by Crippen LogP contribution is -2.35. The molecular formula is C18H22F3N3O3S. The van der Waals surface area contributed by atoms with Crippen LogP contribution in [0.4, 0.5) is 13.2 Å². The van der Waals surface area contributed by atoms with Gasteiger partial charge in [-0.2, -0.15) is 26.6 Å². The quantitative estimate of drug-likeness (QED) is 0.431. The van der Waals surface area contributed by atoms with Gasteiger partial charge in [0.05, 0.1) is 11.0 Å². The van der Waals surface area contributed by atoms with Crippen LogP contribution in [-0.2, 0) is 23.2 Å². The van der Waals surface area contributed by atoms with Gasteiger partial charge in [-0.25, -0.2) is 0 Å². The fourth-order valence-electron chi connectivity index (χ4n) is 3.24. The van der Waals surface area contributed by atoms with Gasteiger partial charge in [-0.05, 0) is 44.9 Å². The van der Waals surface area contributed by atoms with E-state index in [4.69, 9.17) is 0 Å². The number of alkyl halides is 3. The van der Waals surface area contributed by atoms with E-state index in [9.17, 15) is 21.6 Å². The summed E-state index contributed by atoms with van der Waals surface area (Å²) in [6, 6.07) is 2.85. The van der Waals surface area contributed by atoms with Gasteiger partial charge in [0.1, 0.15) is 0 Å². The minimum atomic E-state index is -5.80. The molecule has 0 bridgehead atoms. The summed E-state index contributed by atoms with van der Waals surface area (Å²) in [5, 5.41) is 0. The summed E-state index contributed by atoms with van der Waals surface area (Å²) in [7, 11) is -5.80. The molecule has 0 amide bonds. The topological polar surface area (TPSA) is 64.4 Å². The zero-order valence-electron chi connectivity index (χ0n) is 16.0. The molecule has 0 spiro atoms. The first-order valence-electron chi connectivity index (χ1n) is 8.77. The highest BCUT2D eigenvalue weighted by Gasteiger charge is 2.49. The van der Waals surface area contributed by atoms with Crippen molar-refractivity contribution in [3.8, 4) is 6.01 Å². The lowest BCUT2D eigenvalue weighted by Gasteiger charge is -2.26. The van der Waals surface area contributed by atoms with Crippen LogP contribution in [0.25, 0.3) is 11.0 Å². The number of nitrogens with zero attached hydrogens (tertiary/aromatic N) is 3. The van der Waals surface area contributed by atoms with E-state index < -0.39 is 21.6 Å². The average Bonchev–Trinajstić information content (AvgIpc) is 2.80. The van der Waals surface area contributed by atoms with Crippen molar-refractivity contribution in [3.63, 3.8) is 0 Å². The van der Waals surface area contributed by atoms with E-state index in [2.05, 4.69) is 20.1 Å². The van der Waals surface area contributed by atoms with Crippen LogP contribution in [-0.4, -0.2) is 41.0 Å². The maximum absolute atomic E-state index is 12.8. The molecule has 0 saturated heterocycles. The van der Waals surface area contributed by atoms with Crippen LogP contribution in [0.15, 0.2) is 23.8 Å². The average molecular weight is 417 g/mol. The van der Waals surface area contributed by atoms with Crippen molar-refractivity contribution in [3.05, 3.63) is 34.9 Å². The molecule has 1 aliphatic heterocycles. The first kappa shape index (κ1) is 20.7. The Hall–Kier alpha value is -2.07. The van der Waals surface area contributed by atoms with Crippen molar-refractivity contribution in [2.45, 2.75) is 52.3 Å². The van der Waals surface area contributed by atoms with Crippen LogP contribution in [0.2, 0.25) is 0 Å². The second-order valence-corrected chi connectivity index (χ2v) is 8.81. The van der Waals surface area contributed by atoms with Crippen molar-refractivity contribution in [1.29, 1.82) is 0 Å². The molecule has 2 aromatic rings. The molecule has 6 nitrogen and oxygen atoms in total. The van der Waals surface area contributed by atoms with E-state index in [0.29, 0.717) is 24.1 Å². The highest BCUT2D eigenvalue weighted by Crippen LogP contribution is 2.34. The van der Waals surface area contributed by atoms with Gasteiger partial charge in [0.15, 0.2) is 0 Å². The largest absolute Gasteiger partial charge is 0.534 e. The van der Waals surface area contributed by atoms with Crippen LogP contribution in [0.3, 0.4) is 0 Å². The van der Waals surface area contributed by atoms with Crippen molar-refractivity contribution in [1.82, 2.24) is 14.5 Å². The lowest BCUT2D eigenvalue weighted by molar-refractivity contribution is -0.0503. The van der Waals surface area contributed by atoms with Gasteiger partial charge in [-0.3, -0.25) is 9.47 Å². The summed E-state index contributed by atoms with van der Waals surface area (Å²) in [6.45, 7) is 9.35. The molecular weight excluding hydrogens is 395 g/mol. The third-order valence-electron chi connectivity index (χ3n) is 4.85. The summed E-state index contributed by atoms with van der Waals surface area (Å²) in [5.41, 5.74) is -1.49. The zero-order chi connectivity index (χ0) is 20.9. The maximum Gasteiger partial charge on any atom is 0.534 e. The van der Waals surface area contributed by atoms with Crippen LogP contribution in [0, 0.1) is 6.92 Å². The van der Waals surface area contributed by atoms with Crippen molar-refractivity contribution >= 4 is 21.2 Å². The normalized spacial score (nSPS) is 18.2. The molecule has 2 heterocycles. The monoisotopic (exact) mass is 417 g/mol. The van der Waals surface area contributed by atoms with Gasteiger partial charge in [-0.15, -0.1) is 0 Å².